The normalized spacial score (nSPS) is 12.4. The van der Waals surface area contributed by atoms with E-state index in [0.717, 1.165) is 17.0 Å². The van der Waals surface area contributed by atoms with Gasteiger partial charge in [0.1, 0.15) is 0 Å². The number of aliphatic hydroxyl groups is 1. The third-order valence-corrected chi connectivity index (χ3v) is 3.58. The van der Waals surface area contributed by atoms with Crippen LogP contribution in [0.4, 0.5) is 8.78 Å². The Labute approximate surface area is 114 Å². The monoisotopic (exact) mass is 281 g/mol. The van der Waals surface area contributed by atoms with Crippen molar-refractivity contribution in [2.75, 3.05) is 0 Å². The Morgan fingerprint density at radius 1 is 1.16 bits per heavy atom. The SMILES string of the molecule is CC[C@H](O)c1ccc(Sc2ccc(F)c(F)c2)cn1. The summed E-state index contributed by atoms with van der Waals surface area (Å²) in [6.45, 7) is 1.87. The molecule has 2 aromatic rings. The van der Waals surface area contributed by atoms with Gasteiger partial charge in [-0.2, -0.15) is 0 Å². The van der Waals surface area contributed by atoms with Crippen LogP contribution < -0.4 is 0 Å². The van der Waals surface area contributed by atoms with Crippen LogP contribution in [0.15, 0.2) is 46.3 Å². The van der Waals surface area contributed by atoms with Crippen LogP contribution in [0.3, 0.4) is 0 Å². The van der Waals surface area contributed by atoms with E-state index in [1.807, 2.05) is 6.92 Å². The lowest BCUT2D eigenvalue weighted by Crippen LogP contribution is -1.97. The van der Waals surface area contributed by atoms with Gasteiger partial charge in [-0.1, -0.05) is 18.7 Å². The third kappa shape index (κ3) is 3.52. The second kappa shape index (κ2) is 6.12. The lowest BCUT2D eigenvalue weighted by molar-refractivity contribution is 0.169. The molecule has 0 aliphatic rings. The standard InChI is InChI=1S/C14H13F2NOS/c1-2-14(18)13-6-4-10(8-17-13)19-9-3-5-11(15)12(16)7-9/h3-8,14,18H,2H2,1H3/t14-/m0/s1. The Bertz CT molecular complexity index is 560. The van der Waals surface area contributed by atoms with Gasteiger partial charge in [-0.3, -0.25) is 4.98 Å². The van der Waals surface area contributed by atoms with Crippen LogP contribution in [0.5, 0.6) is 0 Å². The summed E-state index contributed by atoms with van der Waals surface area (Å²) in [5.74, 6) is -1.72. The molecule has 1 N–H and O–H groups in total. The maximum atomic E-state index is 13.1. The fourth-order valence-electron chi connectivity index (χ4n) is 1.53. The quantitative estimate of drug-likeness (QED) is 0.921. The third-order valence-electron chi connectivity index (χ3n) is 2.61. The second-order valence-electron chi connectivity index (χ2n) is 4.02. The zero-order valence-corrected chi connectivity index (χ0v) is 11.1. The first-order valence-electron chi connectivity index (χ1n) is 5.87. The number of rotatable bonds is 4. The first-order chi connectivity index (χ1) is 9.10. The minimum Gasteiger partial charge on any atom is -0.387 e. The van der Waals surface area contributed by atoms with Crippen LogP contribution in [0, 0.1) is 11.6 Å². The molecule has 1 aromatic heterocycles. The van der Waals surface area contributed by atoms with Gasteiger partial charge in [0.2, 0.25) is 0 Å². The van der Waals surface area contributed by atoms with Crippen molar-refractivity contribution >= 4 is 11.8 Å². The number of hydrogen-bond donors (Lipinski definition) is 1. The first kappa shape index (κ1) is 14.0. The molecule has 0 bridgehead atoms. The highest BCUT2D eigenvalue weighted by atomic mass is 32.2. The van der Waals surface area contributed by atoms with Crippen molar-refractivity contribution in [3.63, 3.8) is 0 Å². The molecule has 1 aromatic carbocycles. The summed E-state index contributed by atoms with van der Waals surface area (Å²) >= 11 is 1.29. The van der Waals surface area contributed by atoms with Crippen molar-refractivity contribution in [2.24, 2.45) is 0 Å². The summed E-state index contributed by atoms with van der Waals surface area (Å²) in [7, 11) is 0. The molecule has 100 valence electrons. The number of halogens is 2. The lowest BCUT2D eigenvalue weighted by Gasteiger charge is -2.07. The van der Waals surface area contributed by atoms with E-state index in [1.54, 1.807) is 18.3 Å². The van der Waals surface area contributed by atoms with E-state index >= 15 is 0 Å². The summed E-state index contributed by atoms with van der Waals surface area (Å²) < 4.78 is 25.9. The number of aliphatic hydroxyl groups excluding tert-OH is 1. The molecule has 19 heavy (non-hydrogen) atoms. The molecule has 0 radical (unpaired) electrons. The van der Waals surface area contributed by atoms with Gasteiger partial charge in [-0.25, -0.2) is 8.78 Å². The zero-order chi connectivity index (χ0) is 13.8. The Kier molecular flexibility index (Phi) is 4.50. The number of aromatic nitrogens is 1. The van der Waals surface area contributed by atoms with E-state index < -0.39 is 17.7 Å². The molecule has 0 spiro atoms. The number of nitrogens with zero attached hydrogens (tertiary/aromatic N) is 1. The van der Waals surface area contributed by atoms with Gasteiger partial charge >= 0.3 is 0 Å². The first-order valence-corrected chi connectivity index (χ1v) is 6.68. The van der Waals surface area contributed by atoms with Crippen LogP contribution in [0.25, 0.3) is 0 Å². The summed E-state index contributed by atoms with van der Waals surface area (Å²) in [5, 5.41) is 9.62. The predicted octanol–water partition coefficient (Wildman–Crippen LogP) is 3.95. The molecule has 5 heteroatoms. The predicted molar refractivity (Wildman–Crippen MR) is 70.0 cm³/mol. The molecule has 2 nitrogen and oxygen atoms in total. The highest BCUT2D eigenvalue weighted by Crippen LogP contribution is 2.28. The Morgan fingerprint density at radius 2 is 1.89 bits per heavy atom. The number of benzene rings is 1. The molecule has 1 heterocycles. The zero-order valence-electron chi connectivity index (χ0n) is 10.3. The Hall–Kier alpha value is -1.46. The molecule has 0 unspecified atom stereocenters. The van der Waals surface area contributed by atoms with Gasteiger partial charge in [0, 0.05) is 16.0 Å². The summed E-state index contributed by atoms with van der Waals surface area (Å²) in [4.78, 5) is 5.55. The highest BCUT2D eigenvalue weighted by molar-refractivity contribution is 7.99. The van der Waals surface area contributed by atoms with Crippen molar-refractivity contribution in [2.45, 2.75) is 29.2 Å². The van der Waals surface area contributed by atoms with Gasteiger partial charge < -0.3 is 5.11 Å². The summed E-state index contributed by atoms with van der Waals surface area (Å²) in [6, 6.07) is 7.29. The topological polar surface area (TPSA) is 33.1 Å². The average molecular weight is 281 g/mol. The maximum absolute atomic E-state index is 13.1. The molecule has 0 saturated heterocycles. The smallest absolute Gasteiger partial charge is 0.159 e. The minimum absolute atomic E-state index is 0.567. The van der Waals surface area contributed by atoms with Gasteiger partial charge in [0.05, 0.1) is 11.8 Å². The van der Waals surface area contributed by atoms with Crippen LogP contribution in [-0.4, -0.2) is 10.1 Å². The summed E-state index contributed by atoms with van der Waals surface area (Å²) in [6.07, 6.45) is 1.64. The van der Waals surface area contributed by atoms with Crippen molar-refractivity contribution in [1.82, 2.24) is 4.98 Å². The van der Waals surface area contributed by atoms with Crippen LogP contribution in [0.1, 0.15) is 25.1 Å². The molecule has 0 amide bonds. The number of hydrogen-bond acceptors (Lipinski definition) is 3. The molecule has 2 rings (SSSR count). The van der Waals surface area contributed by atoms with Crippen LogP contribution in [0.2, 0.25) is 0 Å². The second-order valence-corrected chi connectivity index (χ2v) is 5.17. The molecule has 0 aliphatic heterocycles. The highest BCUT2D eigenvalue weighted by Gasteiger charge is 2.07. The van der Waals surface area contributed by atoms with Crippen molar-refractivity contribution in [3.8, 4) is 0 Å². The van der Waals surface area contributed by atoms with Gasteiger partial charge in [-0.15, -0.1) is 0 Å². The largest absolute Gasteiger partial charge is 0.387 e. The minimum atomic E-state index is -0.865. The van der Waals surface area contributed by atoms with E-state index in [4.69, 9.17) is 0 Å². The Balaban J connectivity index is 2.12. The van der Waals surface area contributed by atoms with Crippen LogP contribution >= 0.6 is 11.8 Å². The van der Waals surface area contributed by atoms with Crippen molar-refractivity contribution in [3.05, 3.63) is 53.9 Å². The van der Waals surface area contributed by atoms with Crippen LogP contribution in [-0.2, 0) is 0 Å². The average Bonchev–Trinajstić information content (AvgIpc) is 2.43. The van der Waals surface area contributed by atoms with Gasteiger partial charge in [-0.05, 0) is 36.8 Å². The van der Waals surface area contributed by atoms with E-state index in [0.29, 0.717) is 17.0 Å². The van der Waals surface area contributed by atoms with E-state index in [-0.39, 0.29) is 0 Å². The van der Waals surface area contributed by atoms with Gasteiger partial charge in [0.25, 0.3) is 0 Å². The molecular formula is C14H13F2NOS. The van der Waals surface area contributed by atoms with Gasteiger partial charge in [0.15, 0.2) is 11.6 Å². The van der Waals surface area contributed by atoms with E-state index in [2.05, 4.69) is 4.98 Å². The summed E-state index contributed by atoms with van der Waals surface area (Å²) in [5.41, 5.74) is 0.608. The molecule has 1 atom stereocenters. The fourth-order valence-corrected chi connectivity index (χ4v) is 2.35. The van der Waals surface area contributed by atoms with E-state index in [1.165, 1.54) is 17.8 Å². The van der Waals surface area contributed by atoms with E-state index in [9.17, 15) is 13.9 Å². The molecule has 0 aliphatic carbocycles. The molecule has 0 saturated carbocycles. The Morgan fingerprint density at radius 3 is 2.47 bits per heavy atom. The van der Waals surface area contributed by atoms with Crippen molar-refractivity contribution < 1.29 is 13.9 Å². The lowest BCUT2D eigenvalue weighted by atomic mass is 10.2. The molecular weight excluding hydrogens is 268 g/mol. The maximum Gasteiger partial charge on any atom is 0.159 e. The fraction of sp³-hybridized carbons (Fsp3) is 0.214. The number of pyridine rings is 1. The molecule has 0 fully saturated rings. The van der Waals surface area contributed by atoms with Crippen molar-refractivity contribution in [1.29, 1.82) is 0 Å².